The highest BCUT2D eigenvalue weighted by atomic mass is 19.3. The third-order valence-corrected chi connectivity index (χ3v) is 6.37. The smallest absolute Gasteiger partial charge is 0.387 e. The Hall–Kier alpha value is -2.30. The van der Waals surface area contributed by atoms with Crippen LogP contribution < -0.4 is 4.74 Å². The Bertz CT molecular complexity index is 862. The van der Waals surface area contributed by atoms with Gasteiger partial charge in [0.05, 0.1) is 0 Å². The van der Waals surface area contributed by atoms with Crippen molar-refractivity contribution in [3.05, 3.63) is 77.4 Å². The number of ether oxygens (including phenoxy) is 1. The van der Waals surface area contributed by atoms with Gasteiger partial charge in [-0.25, -0.2) is 8.78 Å². The van der Waals surface area contributed by atoms with Crippen LogP contribution in [-0.2, 0) is 6.42 Å². The van der Waals surface area contributed by atoms with Crippen molar-refractivity contribution < 1.29 is 22.3 Å². The molecule has 2 aliphatic carbocycles. The molecule has 4 unspecified atom stereocenters. The lowest BCUT2D eigenvalue weighted by Gasteiger charge is -2.46. The van der Waals surface area contributed by atoms with Crippen molar-refractivity contribution in [2.75, 3.05) is 0 Å². The molecule has 5 heteroatoms. The Morgan fingerprint density at radius 2 is 1.79 bits per heavy atom. The third kappa shape index (κ3) is 3.43. The van der Waals surface area contributed by atoms with Gasteiger partial charge >= 0.3 is 6.61 Å². The minimum atomic E-state index is -2.86. The van der Waals surface area contributed by atoms with E-state index in [4.69, 9.17) is 0 Å². The van der Waals surface area contributed by atoms with Crippen molar-refractivity contribution in [1.82, 2.24) is 0 Å². The van der Waals surface area contributed by atoms with Gasteiger partial charge in [-0.05, 0) is 84.2 Å². The number of allylic oxidation sites excluding steroid dienone is 1. The first kappa shape index (κ1) is 19.0. The van der Waals surface area contributed by atoms with Gasteiger partial charge < -0.3 is 4.74 Å². The number of rotatable bonds is 4. The molecule has 0 bridgehead atoms. The van der Waals surface area contributed by atoms with Gasteiger partial charge in [-0.15, -0.1) is 6.58 Å². The molecule has 0 N–H and O–H groups in total. The average Bonchev–Trinajstić information content (AvgIpc) is 2.67. The highest BCUT2D eigenvalue weighted by Crippen LogP contribution is 2.54. The summed E-state index contributed by atoms with van der Waals surface area (Å²) in [5.74, 6) is -0.171. The predicted molar refractivity (Wildman–Crippen MR) is 99.6 cm³/mol. The van der Waals surface area contributed by atoms with Crippen LogP contribution in [0.3, 0.4) is 0 Å². The quantitative estimate of drug-likeness (QED) is 0.423. The van der Waals surface area contributed by atoms with Crippen LogP contribution in [0.1, 0.15) is 47.8 Å². The van der Waals surface area contributed by atoms with Crippen LogP contribution >= 0.6 is 0 Å². The van der Waals surface area contributed by atoms with Crippen LogP contribution in [0.15, 0.2) is 49.1 Å². The summed E-state index contributed by atoms with van der Waals surface area (Å²) in [5.41, 5.74) is 2.46. The second kappa shape index (κ2) is 7.61. The number of hydrogen-bond acceptors (Lipinski definition) is 1. The van der Waals surface area contributed by atoms with E-state index in [1.54, 1.807) is 12.1 Å². The summed E-state index contributed by atoms with van der Waals surface area (Å²) in [5, 5.41) is 0. The lowest BCUT2D eigenvalue weighted by molar-refractivity contribution is -0.0498. The zero-order valence-corrected chi connectivity index (χ0v) is 15.4. The second-order valence-electron chi connectivity index (χ2n) is 7.71. The Balaban J connectivity index is 1.69. The minimum absolute atomic E-state index is 0.0899. The van der Waals surface area contributed by atoms with Crippen LogP contribution in [0.25, 0.3) is 0 Å². The van der Waals surface area contributed by atoms with E-state index in [-0.39, 0.29) is 29.4 Å². The first-order valence-electron chi connectivity index (χ1n) is 9.63. The molecule has 28 heavy (non-hydrogen) atoms. The molecule has 2 aromatic rings. The molecule has 0 amide bonds. The summed E-state index contributed by atoms with van der Waals surface area (Å²) >= 11 is 0. The molecule has 0 radical (unpaired) electrons. The summed E-state index contributed by atoms with van der Waals surface area (Å²) in [6.45, 7) is 1.13. The van der Waals surface area contributed by atoms with E-state index in [1.807, 2.05) is 18.2 Å². The van der Waals surface area contributed by atoms with Gasteiger partial charge in [-0.3, -0.25) is 0 Å². The van der Waals surface area contributed by atoms with E-state index in [9.17, 15) is 17.6 Å². The average molecular weight is 390 g/mol. The molecule has 1 nitrogen and oxygen atoms in total. The van der Waals surface area contributed by atoms with Gasteiger partial charge in [0.25, 0.3) is 0 Å². The van der Waals surface area contributed by atoms with Crippen LogP contribution in [0.4, 0.5) is 17.6 Å². The van der Waals surface area contributed by atoms with Crippen LogP contribution in [0.2, 0.25) is 0 Å². The SMILES string of the molecule is C=CC1CCC2c3cc(F)cc(F)c3CCC2C1c1ccc(OC(F)F)cc1. The zero-order valence-electron chi connectivity index (χ0n) is 15.4. The second-order valence-corrected chi connectivity index (χ2v) is 7.71. The topological polar surface area (TPSA) is 9.23 Å². The summed E-state index contributed by atoms with van der Waals surface area (Å²) in [7, 11) is 0. The number of halogens is 4. The van der Waals surface area contributed by atoms with Crippen molar-refractivity contribution >= 4 is 0 Å². The molecule has 0 heterocycles. The van der Waals surface area contributed by atoms with E-state index in [1.165, 1.54) is 6.07 Å². The maximum atomic E-state index is 14.3. The van der Waals surface area contributed by atoms with Crippen molar-refractivity contribution in [3.8, 4) is 5.75 Å². The fourth-order valence-electron chi connectivity index (χ4n) is 5.26. The lowest BCUT2D eigenvalue weighted by atomic mass is 9.58. The summed E-state index contributed by atoms with van der Waals surface area (Å²) in [4.78, 5) is 0. The molecule has 1 fully saturated rings. The van der Waals surface area contributed by atoms with Gasteiger partial charge in [0.15, 0.2) is 0 Å². The third-order valence-electron chi connectivity index (χ3n) is 6.37. The standard InChI is InChI=1S/C23H22F4O/c1-2-13-5-8-17-19(10-9-18-20(17)11-15(24)12-21(18)25)22(13)14-3-6-16(7-4-14)28-23(26)27/h2-4,6-7,11-13,17,19,22-23H,1,5,8-10H2. The van der Waals surface area contributed by atoms with Crippen LogP contribution in [0, 0.1) is 23.5 Å². The zero-order chi connectivity index (χ0) is 19.8. The van der Waals surface area contributed by atoms with Gasteiger partial charge in [-0.1, -0.05) is 18.2 Å². The monoisotopic (exact) mass is 390 g/mol. The van der Waals surface area contributed by atoms with Gasteiger partial charge in [0.1, 0.15) is 17.4 Å². The largest absolute Gasteiger partial charge is 0.435 e. The van der Waals surface area contributed by atoms with Crippen molar-refractivity contribution in [2.45, 2.75) is 44.1 Å². The van der Waals surface area contributed by atoms with Gasteiger partial charge in [0.2, 0.25) is 0 Å². The molecular weight excluding hydrogens is 368 g/mol. The molecule has 0 saturated heterocycles. The lowest BCUT2D eigenvalue weighted by Crippen LogP contribution is -2.35. The van der Waals surface area contributed by atoms with E-state index in [0.717, 1.165) is 36.5 Å². The number of alkyl halides is 2. The Kier molecular flexibility index (Phi) is 5.17. The molecule has 4 rings (SSSR count). The molecule has 0 spiro atoms. The predicted octanol–water partition coefficient (Wildman–Crippen LogP) is 6.59. The highest BCUT2D eigenvalue weighted by molar-refractivity contribution is 5.39. The fraction of sp³-hybridized carbons (Fsp3) is 0.391. The summed E-state index contributed by atoms with van der Waals surface area (Å²) in [6.07, 6.45) is 5.08. The molecule has 2 aliphatic rings. The van der Waals surface area contributed by atoms with E-state index in [2.05, 4.69) is 11.3 Å². The first-order chi connectivity index (χ1) is 13.5. The van der Waals surface area contributed by atoms with E-state index < -0.39 is 18.2 Å². The minimum Gasteiger partial charge on any atom is -0.435 e. The van der Waals surface area contributed by atoms with Gasteiger partial charge in [-0.2, -0.15) is 8.78 Å². The van der Waals surface area contributed by atoms with Gasteiger partial charge in [0, 0.05) is 6.07 Å². The summed E-state index contributed by atoms with van der Waals surface area (Å²) in [6, 6.07) is 9.21. The van der Waals surface area contributed by atoms with Crippen molar-refractivity contribution in [2.24, 2.45) is 11.8 Å². The fourth-order valence-corrected chi connectivity index (χ4v) is 5.26. The molecule has 0 aromatic heterocycles. The summed E-state index contributed by atoms with van der Waals surface area (Å²) < 4.78 is 57.5. The molecule has 1 saturated carbocycles. The molecule has 2 aromatic carbocycles. The molecule has 4 atom stereocenters. The normalized spacial score (nSPS) is 26.5. The van der Waals surface area contributed by atoms with Crippen LogP contribution in [0.5, 0.6) is 5.75 Å². The molecular formula is C23H22F4O. The van der Waals surface area contributed by atoms with Crippen molar-refractivity contribution in [1.29, 1.82) is 0 Å². The van der Waals surface area contributed by atoms with Crippen molar-refractivity contribution in [3.63, 3.8) is 0 Å². The van der Waals surface area contributed by atoms with E-state index >= 15 is 0 Å². The Morgan fingerprint density at radius 1 is 1.04 bits per heavy atom. The highest BCUT2D eigenvalue weighted by Gasteiger charge is 2.42. The molecule has 0 aliphatic heterocycles. The molecule has 148 valence electrons. The first-order valence-corrected chi connectivity index (χ1v) is 9.63. The maximum Gasteiger partial charge on any atom is 0.387 e. The number of benzene rings is 2. The van der Waals surface area contributed by atoms with Crippen LogP contribution in [-0.4, -0.2) is 6.61 Å². The Morgan fingerprint density at radius 3 is 2.46 bits per heavy atom. The number of hydrogen-bond donors (Lipinski definition) is 0. The Labute approximate surface area is 162 Å². The van der Waals surface area contributed by atoms with E-state index in [0.29, 0.717) is 12.0 Å². The number of fused-ring (bicyclic) bond motifs is 3. The maximum absolute atomic E-state index is 14.3.